The van der Waals surface area contributed by atoms with Gasteiger partial charge in [-0.2, -0.15) is 0 Å². The van der Waals surface area contributed by atoms with Crippen LogP contribution in [0.5, 0.6) is 5.75 Å². The van der Waals surface area contributed by atoms with Gasteiger partial charge in [0.1, 0.15) is 0 Å². The fourth-order valence-electron chi connectivity index (χ4n) is 5.81. The van der Waals surface area contributed by atoms with Gasteiger partial charge in [-0.05, 0) is 0 Å². The van der Waals surface area contributed by atoms with Crippen molar-refractivity contribution in [2.45, 2.75) is 26.2 Å². The van der Waals surface area contributed by atoms with Crippen molar-refractivity contribution in [3.63, 3.8) is 0 Å². The van der Waals surface area contributed by atoms with Crippen LogP contribution in [0.2, 0.25) is 0 Å². The molecule has 2 aromatic heterocycles. The summed E-state index contributed by atoms with van der Waals surface area (Å²) in [6.07, 6.45) is 0. The number of rotatable bonds is 2. The quantitative estimate of drug-likeness (QED) is 0.208. The molecule has 0 amide bonds. The number of hydrogen-bond acceptors (Lipinski definition) is 1. The van der Waals surface area contributed by atoms with Crippen LogP contribution in [0, 0.1) is 6.92 Å². The predicted octanol–water partition coefficient (Wildman–Crippen LogP) is 4.49. The number of hydrogen-bond donors (Lipinski definition) is 0. The summed E-state index contributed by atoms with van der Waals surface area (Å²) < 4.78 is 12.0. The SMILES string of the molecule is COc1ccc2c3c[c]([BiH2])ccc3n(-c3ccc4c([n+]3C)-c3ccccc3C4(C)C)c2c1C. The molecule has 1 aliphatic carbocycles. The van der Waals surface area contributed by atoms with Crippen LogP contribution < -0.4 is 12.6 Å². The van der Waals surface area contributed by atoms with Gasteiger partial charge in [0.25, 0.3) is 0 Å². The van der Waals surface area contributed by atoms with Gasteiger partial charge in [0.05, 0.1) is 0 Å². The molecule has 0 N–H and O–H groups in total. The first-order valence-electron chi connectivity index (χ1n) is 11.4. The molecule has 164 valence electrons. The summed E-state index contributed by atoms with van der Waals surface area (Å²) in [5.74, 6) is 2.09. The molecule has 0 aliphatic heterocycles. The third kappa shape index (κ3) is 2.74. The molecule has 0 unspecified atom stereocenters. The fraction of sp³-hybridized carbons (Fsp3) is 0.207. The van der Waals surface area contributed by atoms with Crippen LogP contribution in [-0.2, 0) is 12.5 Å². The van der Waals surface area contributed by atoms with Crippen molar-refractivity contribution in [2.24, 2.45) is 7.05 Å². The van der Waals surface area contributed by atoms with Crippen molar-refractivity contribution in [3.8, 4) is 22.8 Å². The maximum atomic E-state index is 5.73. The fourth-order valence-corrected chi connectivity index (χ4v) is 6.83. The van der Waals surface area contributed by atoms with Crippen molar-refractivity contribution in [1.29, 1.82) is 0 Å². The van der Waals surface area contributed by atoms with Crippen LogP contribution in [0.3, 0.4) is 0 Å². The topological polar surface area (TPSA) is 18.0 Å². The summed E-state index contributed by atoms with van der Waals surface area (Å²) in [6.45, 7) is 6.84. The first-order valence-corrected chi connectivity index (χ1v) is 13.6. The van der Waals surface area contributed by atoms with E-state index in [2.05, 4.69) is 104 Å². The van der Waals surface area contributed by atoms with Crippen LogP contribution >= 0.6 is 0 Å². The van der Waals surface area contributed by atoms with Gasteiger partial charge in [-0.25, -0.2) is 0 Å². The summed E-state index contributed by atoms with van der Waals surface area (Å²) >= 11 is 0.812. The average molecular weight is 630 g/mol. The molecule has 0 spiro atoms. The Kier molecular flexibility index (Phi) is 4.52. The van der Waals surface area contributed by atoms with Gasteiger partial charge >= 0.3 is 210 Å². The van der Waals surface area contributed by atoms with E-state index >= 15 is 0 Å². The number of aryl methyl sites for hydroxylation is 1. The number of pyridine rings is 1. The van der Waals surface area contributed by atoms with Crippen LogP contribution in [-0.4, -0.2) is 36.4 Å². The second-order valence-corrected chi connectivity index (χ2v) is 12.2. The van der Waals surface area contributed by atoms with Crippen molar-refractivity contribution in [3.05, 3.63) is 83.4 Å². The number of fused-ring (bicyclic) bond motifs is 6. The number of nitrogens with zero attached hydrogens (tertiary/aromatic N) is 2. The zero-order chi connectivity index (χ0) is 23.1. The van der Waals surface area contributed by atoms with Crippen molar-refractivity contribution in [1.82, 2.24) is 4.57 Å². The molecule has 1 aliphatic rings. The van der Waals surface area contributed by atoms with Gasteiger partial charge in [0.2, 0.25) is 0 Å². The van der Waals surface area contributed by atoms with Crippen molar-refractivity contribution < 1.29 is 9.30 Å². The van der Waals surface area contributed by atoms with E-state index in [1.54, 1.807) is 7.11 Å². The molecule has 0 saturated heterocycles. The predicted molar refractivity (Wildman–Crippen MR) is 139 cm³/mol. The average Bonchev–Trinajstić information content (AvgIpc) is 3.25. The Morgan fingerprint density at radius 2 is 1.70 bits per heavy atom. The van der Waals surface area contributed by atoms with Crippen molar-refractivity contribution in [2.75, 3.05) is 7.11 Å². The Morgan fingerprint density at radius 1 is 0.909 bits per heavy atom. The van der Waals surface area contributed by atoms with Gasteiger partial charge < -0.3 is 0 Å². The van der Waals surface area contributed by atoms with Crippen molar-refractivity contribution >= 4 is 49.8 Å². The van der Waals surface area contributed by atoms with Crippen LogP contribution in [0.1, 0.15) is 30.5 Å². The molecule has 0 atom stereocenters. The molecule has 0 fully saturated rings. The second-order valence-electron chi connectivity index (χ2n) is 9.58. The van der Waals surface area contributed by atoms with Gasteiger partial charge in [0.15, 0.2) is 0 Å². The first kappa shape index (κ1) is 20.9. The Balaban J connectivity index is 1.76. The molecule has 0 bridgehead atoms. The summed E-state index contributed by atoms with van der Waals surface area (Å²) in [4.78, 5) is 0. The first-order chi connectivity index (χ1) is 15.8. The molecule has 6 rings (SSSR count). The van der Waals surface area contributed by atoms with E-state index in [0.29, 0.717) is 0 Å². The molecule has 0 radical (unpaired) electrons. The minimum atomic E-state index is -0.00908. The van der Waals surface area contributed by atoms with Crippen LogP contribution in [0.25, 0.3) is 38.9 Å². The Bertz CT molecular complexity index is 1610. The zero-order valence-corrected chi connectivity index (χ0v) is 24.2. The minimum absolute atomic E-state index is 0.00908. The second kappa shape index (κ2) is 7.14. The number of methoxy groups -OCH3 is 1. The van der Waals surface area contributed by atoms with Gasteiger partial charge in [-0.15, -0.1) is 0 Å². The Morgan fingerprint density at radius 3 is 2.48 bits per heavy atom. The molecule has 4 heteroatoms. The molecular weight excluding hydrogens is 601 g/mol. The van der Waals surface area contributed by atoms with Gasteiger partial charge in [-0.3, -0.25) is 0 Å². The zero-order valence-electron chi connectivity index (χ0n) is 19.7. The molecule has 2 heterocycles. The third-order valence-corrected chi connectivity index (χ3v) is 8.86. The Hall–Kier alpha value is -2.71. The van der Waals surface area contributed by atoms with Gasteiger partial charge in [0, 0.05) is 0 Å². The number of benzene rings is 3. The van der Waals surface area contributed by atoms with E-state index in [-0.39, 0.29) is 5.41 Å². The molecule has 3 nitrogen and oxygen atoms in total. The van der Waals surface area contributed by atoms with E-state index in [0.717, 1.165) is 30.5 Å². The van der Waals surface area contributed by atoms with E-state index in [1.165, 1.54) is 58.8 Å². The van der Waals surface area contributed by atoms with Gasteiger partial charge in [-0.1, -0.05) is 0 Å². The molecule has 0 saturated carbocycles. The molecule has 33 heavy (non-hydrogen) atoms. The Labute approximate surface area is 209 Å². The van der Waals surface area contributed by atoms with Crippen LogP contribution in [0.4, 0.5) is 0 Å². The number of ether oxygens (including phenoxy) is 1. The number of aromatic nitrogens is 2. The molecular formula is C29H28BiN2O+. The molecule has 5 aromatic rings. The maximum absolute atomic E-state index is 5.73. The summed E-state index contributed by atoms with van der Waals surface area (Å²) in [5, 5.41) is 2.60. The standard InChI is InChI=1S/C29H26N2O.Bi.2H/c1-18-25(32-5)16-14-20-19-10-7-9-13-24(19)31(27(18)20)26-17-15-23-28(30(26)4)21-11-6-8-12-22(21)29(23,2)3;;;/h6,8-17H,1-5H3;;;/q+1;;;. The third-order valence-electron chi connectivity index (χ3n) is 7.47. The van der Waals surface area contributed by atoms with E-state index in [1.807, 2.05) is 0 Å². The monoisotopic (exact) mass is 629 g/mol. The normalized spacial score (nSPS) is 14.0. The van der Waals surface area contributed by atoms with Crippen LogP contribution in [0.15, 0.2) is 66.7 Å². The molecule has 3 aromatic carbocycles. The van der Waals surface area contributed by atoms with E-state index in [4.69, 9.17) is 4.74 Å². The van der Waals surface area contributed by atoms with E-state index in [9.17, 15) is 0 Å². The van der Waals surface area contributed by atoms with E-state index < -0.39 is 0 Å². The summed E-state index contributed by atoms with van der Waals surface area (Å²) in [6, 6.07) is 24.7. The summed E-state index contributed by atoms with van der Waals surface area (Å²) in [5.41, 5.74) is 9.05. The summed E-state index contributed by atoms with van der Waals surface area (Å²) in [7, 11) is 3.97.